The van der Waals surface area contributed by atoms with Gasteiger partial charge in [0.1, 0.15) is 4.90 Å². The second kappa shape index (κ2) is 8.09. The molecule has 6 nitrogen and oxygen atoms in total. The van der Waals surface area contributed by atoms with Gasteiger partial charge >= 0.3 is 0 Å². The summed E-state index contributed by atoms with van der Waals surface area (Å²) >= 11 is 9.11. The van der Waals surface area contributed by atoms with Gasteiger partial charge in [0.25, 0.3) is 0 Å². The molecule has 9 heteroatoms. The SMILES string of the molecule is COCCNC(=O)C(C)NS(=O)(=O)c1ccc(Br)cc1Cl. The zero-order valence-electron chi connectivity index (χ0n) is 11.5. The van der Waals surface area contributed by atoms with Crippen LogP contribution in [0.4, 0.5) is 0 Å². The first-order valence-electron chi connectivity index (χ1n) is 6.02. The molecule has 1 aromatic rings. The Morgan fingerprint density at radius 3 is 2.71 bits per heavy atom. The lowest BCUT2D eigenvalue weighted by Crippen LogP contribution is -2.45. The summed E-state index contributed by atoms with van der Waals surface area (Å²) in [5.74, 6) is -0.441. The second-order valence-corrected chi connectivity index (χ2v) is 7.21. The van der Waals surface area contributed by atoms with Crippen molar-refractivity contribution >= 4 is 43.5 Å². The smallest absolute Gasteiger partial charge is 0.242 e. The van der Waals surface area contributed by atoms with Crippen LogP contribution in [-0.4, -0.2) is 40.6 Å². The maximum Gasteiger partial charge on any atom is 0.242 e. The minimum Gasteiger partial charge on any atom is -0.383 e. The van der Waals surface area contributed by atoms with Gasteiger partial charge in [-0.15, -0.1) is 0 Å². The lowest BCUT2D eigenvalue weighted by atomic mass is 10.3. The number of carbonyl (C=O) groups is 1. The first-order valence-corrected chi connectivity index (χ1v) is 8.67. The van der Waals surface area contributed by atoms with Crippen molar-refractivity contribution in [1.29, 1.82) is 0 Å². The highest BCUT2D eigenvalue weighted by Gasteiger charge is 2.23. The molecule has 0 bridgehead atoms. The molecule has 1 unspecified atom stereocenters. The molecule has 0 aromatic heterocycles. The monoisotopic (exact) mass is 398 g/mol. The molecule has 0 aliphatic heterocycles. The van der Waals surface area contributed by atoms with Crippen molar-refractivity contribution in [1.82, 2.24) is 10.0 Å². The van der Waals surface area contributed by atoms with Gasteiger partial charge in [0.05, 0.1) is 17.7 Å². The Labute approximate surface area is 137 Å². The van der Waals surface area contributed by atoms with E-state index < -0.39 is 22.0 Å². The van der Waals surface area contributed by atoms with Crippen LogP contribution in [0.25, 0.3) is 0 Å². The minimum absolute atomic E-state index is 0.0730. The number of amides is 1. The summed E-state index contributed by atoms with van der Waals surface area (Å²) in [5, 5.41) is 2.62. The summed E-state index contributed by atoms with van der Waals surface area (Å²) in [5.41, 5.74) is 0. The maximum absolute atomic E-state index is 12.2. The molecule has 118 valence electrons. The van der Waals surface area contributed by atoms with Crippen LogP contribution in [0.5, 0.6) is 0 Å². The van der Waals surface area contributed by atoms with Gasteiger partial charge in [-0.2, -0.15) is 4.72 Å². The minimum atomic E-state index is -3.88. The molecule has 1 amide bonds. The van der Waals surface area contributed by atoms with Crippen LogP contribution in [0, 0.1) is 0 Å². The maximum atomic E-state index is 12.2. The standard InChI is InChI=1S/C12H16BrClN2O4S/c1-8(12(17)15-5-6-20-2)16-21(18,19)11-4-3-9(13)7-10(11)14/h3-4,7-8,16H,5-6H2,1-2H3,(H,15,17). The fourth-order valence-electron chi connectivity index (χ4n) is 1.47. The Morgan fingerprint density at radius 1 is 1.48 bits per heavy atom. The van der Waals surface area contributed by atoms with E-state index in [0.29, 0.717) is 17.6 Å². The molecule has 0 spiro atoms. The zero-order valence-corrected chi connectivity index (χ0v) is 14.7. The molecule has 1 rings (SSSR count). The van der Waals surface area contributed by atoms with E-state index in [-0.39, 0.29) is 9.92 Å². The molecule has 1 aromatic carbocycles. The molecule has 21 heavy (non-hydrogen) atoms. The van der Waals surface area contributed by atoms with Crippen molar-refractivity contribution < 1.29 is 17.9 Å². The third-order valence-corrected chi connectivity index (χ3v) is 5.03. The number of ether oxygens (including phenoxy) is 1. The summed E-state index contributed by atoms with van der Waals surface area (Å²) in [6.45, 7) is 2.11. The summed E-state index contributed by atoms with van der Waals surface area (Å²) in [7, 11) is -2.37. The molecular formula is C12H16BrClN2O4S. The first kappa shape index (κ1) is 18.4. The highest BCUT2D eigenvalue weighted by Crippen LogP contribution is 2.25. The first-order chi connectivity index (χ1) is 9.77. The fraction of sp³-hybridized carbons (Fsp3) is 0.417. The largest absolute Gasteiger partial charge is 0.383 e. The van der Waals surface area contributed by atoms with Crippen LogP contribution in [0.1, 0.15) is 6.92 Å². The Bertz CT molecular complexity index is 609. The molecule has 0 aliphatic rings. The van der Waals surface area contributed by atoms with Crippen LogP contribution < -0.4 is 10.0 Å². The van der Waals surface area contributed by atoms with Crippen molar-refractivity contribution in [2.24, 2.45) is 0 Å². The van der Waals surface area contributed by atoms with Crippen molar-refractivity contribution in [3.8, 4) is 0 Å². The lowest BCUT2D eigenvalue weighted by Gasteiger charge is -2.15. The summed E-state index contributed by atoms with van der Waals surface area (Å²) in [6.07, 6.45) is 0. The van der Waals surface area contributed by atoms with Gasteiger partial charge in [0.15, 0.2) is 0 Å². The quantitative estimate of drug-likeness (QED) is 0.681. The van der Waals surface area contributed by atoms with Gasteiger partial charge in [-0.3, -0.25) is 4.79 Å². The van der Waals surface area contributed by atoms with E-state index in [1.807, 2.05) is 0 Å². The van der Waals surface area contributed by atoms with E-state index in [0.717, 1.165) is 0 Å². The van der Waals surface area contributed by atoms with Crippen LogP contribution in [-0.2, 0) is 19.6 Å². The molecule has 0 radical (unpaired) electrons. The average molecular weight is 400 g/mol. The van der Waals surface area contributed by atoms with Gasteiger partial charge in [0, 0.05) is 18.1 Å². The Morgan fingerprint density at radius 2 is 2.14 bits per heavy atom. The van der Waals surface area contributed by atoms with Crippen molar-refractivity contribution in [2.75, 3.05) is 20.3 Å². The molecule has 0 heterocycles. The number of carbonyl (C=O) groups excluding carboxylic acids is 1. The van der Waals surface area contributed by atoms with Crippen molar-refractivity contribution in [3.05, 3.63) is 27.7 Å². The topological polar surface area (TPSA) is 84.5 Å². The number of sulfonamides is 1. The molecular weight excluding hydrogens is 384 g/mol. The summed E-state index contributed by atoms with van der Waals surface area (Å²) in [4.78, 5) is 11.7. The third-order valence-electron chi connectivity index (χ3n) is 2.51. The van der Waals surface area contributed by atoms with E-state index in [1.54, 1.807) is 6.07 Å². The Hall–Kier alpha value is -0.670. The van der Waals surface area contributed by atoms with Gasteiger partial charge in [0.2, 0.25) is 15.9 Å². The molecule has 1 atom stereocenters. The highest BCUT2D eigenvalue weighted by atomic mass is 79.9. The molecule has 0 saturated heterocycles. The van der Waals surface area contributed by atoms with E-state index in [9.17, 15) is 13.2 Å². The second-order valence-electron chi connectivity index (χ2n) is 4.20. The van der Waals surface area contributed by atoms with Crippen molar-refractivity contribution in [2.45, 2.75) is 17.9 Å². The van der Waals surface area contributed by atoms with Crippen LogP contribution in [0.2, 0.25) is 5.02 Å². The number of halogens is 2. The molecule has 0 saturated carbocycles. The number of hydrogen-bond acceptors (Lipinski definition) is 4. The van der Waals surface area contributed by atoms with Crippen LogP contribution in [0.15, 0.2) is 27.6 Å². The van der Waals surface area contributed by atoms with Gasteiger partial charge in [-0.1, -0.05) is 27.5 Å². The summed E-state index contributed by atoms with van der Waals surface area (Å²) in [6, 6.07) is 3.47. The van der Waals surface area contributed by atoms with E-state index in [2.05, 4.69) is 26.0 Å². The molecule has 2 N–H and O–H groups in total. The summed E-state index contributed by atoms with van der Waals surface area (Å²) < 4.78 is 32.1. The average Bonchev–Trinajstić information content (AvgIpc) is 2.37. The van der Waals surface area contributed by atoms with Crippen LogP contribution >= 0.6 is 27.5 Å². The van der Waals surface area contributed by atoms with E-state index in [4.69, 9.17) is 16.3 Å². The number of benzene rings is 1. The normalized spacial score (nSPS) is 13.0. The number of hydrogen-bond donors (Lipinski definition) is 2. The molecule has 0 aliphatic carbocycles. The van der Waals surface area contributed by atoms with Crippen molar-refractivity contribution in [3.63, 3.8) is 0 Å². The van der Waals surface area contributed by atoms with Crippen LogP contribution in [0.3, 0.4) is 0 Å². The number of rotatable bonds is 7. The Kier molecular flexibility index (Phi) is 7.08. The molecule has 0 fully saturated rings. The fourth-order valence-corrected chi connectivity index (χ4v) is 3.71. The van der Waals surface area contributed by atoms with Gasteiger partial charge < -0.3 is 10.1 Å². The number of nitrogens with one attached hydrogen (secondary N) is 2. The lowest BCUT2D eigenvalue weighted by molar-refractivity contribution is -0.122. The predicted octanol–water partition coefficient (Wildman–Crippen LogP) is 1.53. The highest BCUT2D eigenvalue weighted by molar-refractivity contribution is 9.10. The van der Waals surface area contributed by atoms with Gasteiger partial charge in [-0.25, -0.2) is 8.42 Å². The van der Waals surface area contributed by atoms with E-state index >= 15 is 0 Å². The number of methoxy groups -OCH3 is 1. The van der Waals surface area contributed by atoms with Gasteiger partial charge in [-0.05, 0) is 25.1 Å². The third kappa shape index (κ3) is 5.55. The van der Waals surface area contributed by atoms with E-state index in [1.165, 1.54) is 26.2 Å². The predicted molar refractivity (Wildman–Crippen MR) is 83.8 cm³/mol. The zero-order chi connectivity index (χ0) is 16.0. The Balaban J connectivity index is 2.78.